The smallest absolute Gasteiger partial charge is 0.245 e. The van der Waals surface area contributed by atoms with Crippen LogP contribution in [0.1, 0.15) is 12.8 Å². The molecule has 0 aliphatic carbocycles. The number of hydrogen-bond donors (Lipinski definition) is 0. The van der Waals surface area contributed by atoms with Crippen molar-refractivity contribution < 1.29 is 9.53 Å². The third-order valence-electron chi connectivity index (χ3n) is 2.42. The van der Waals surface area contributed by atoms with E-state index in [2.05, 4.69) is 6.58 Å². The molecule has 0 radical (unpaired) electrons. The van der Waals surface area contributed by atoms with Gasteiger partial charge in [0.05, 0.1) is 0 Å². The first-order valence-corrected chi connectivity index (χ1v) is 4.69. The topological polar surface area (TPSA) is 29.5 Å². The molecule has 0 bridgehead atoms. The lowest BCUT2D eigenvalue weighted by Gasteiger charge is -2.26. The fourth-order valence-electron chi connectivity index (χ4n) is 1.56. The lowest BCUT2D eigenvalue weighted by Crippen LogP contribution is -2.33. The van der Waals surface area contributed by atoms with E-state index in [0.717, 1.165) is 32.6 Å². The van der Waals surface area contributed by atoms with E-state index in [1.807, 2.05) is 7.05 Å². The number of amides is 1. The van der Waals surface area contributed by atoms with Gasteiger partial charge in [-0.25, -0.2) is 0 Å². The van der Waals surface area contributed by atoms with E-state index in [4.69, 9.17) is 4.74 Å². The van der Waals surface area contributed by atoms with Gasteiger partial charge in [0.25, 0.3) is 0 Å². The molecule has 3 nitrogen and oxygen atoms in total. The first-order valence-electron chi connectivity index (χ1n) is 4.69. The summed E-state index contributed by atoms with van der Waals surface area (Å²) < 4.78 is 5.24. The fraction of sp³-hybridized carbons (Fsp3) is 0.700. The number of likely N-dealkylation sites (N-methyl/N-ethyl adjacent to an activating group) is 1. The van der Waals surface area contributed by atoms with Crippen molar-refractivity contribution in [2.24, 2.45) is 5.92 Å². The van der Waals surface area contributed by atoms with Crippen molar-refractivity contribution in [3.8, 4) is 0 Å². The maximum absolute atomic E-state index is 11.2. The van der Waals surface area contributed by atoms with Gasteiger partial charge in [0.15, 0.2) is 0 Å². The van der Waals surface area contributed by atoms with Crippen molar-refractivity contribution in [3.63, 3.8) is 0 Å². The molecule has 0 aromatic rings. The average molecular weight is 183 g/mol. The summed E-state index contributed by atoms with van der Waals surface area (Å²) in [4.78, 5) is 12.9. The summed E-state index contributed by atoms with van der Waals surface area (Å²) in [5.41, 5.74) is 0. The lowest BCUT2D eigenvalue weighted by atomic mass is 10.00. The molecule has 0 atom stereocenters. The molecule has 0 N–H and O–H groups in total. The second-order valence-electron chi connectivity index (χ2n) is 3.48. The Morgan fingerprint density at radius 1 is 1.62 bits per heavy atom. The van der Waals surface area contributed by atoms with Gasteiger partial charge in [-0.1, -0.05) is 6.58 Å². The lowest BCUT2D eigenvalue weighted by molar-refractivity contribution is -0.125. The van der Waals surface area contributed by atoms with Gasteiger partial charge in [-0.15, -0.1) is 0 Å². The average Bonchev–Trinajstić information content (AvgIpc) is 2.18. The molecule has 0 aromatic heterocycles. The summed E-state index contributed by atoms with van der Waals surface area (Å²) >= 11 is 0. The standard InChI is InChI=1S/C10H17NO2/c1-3-10(12)11(2)8-9-4-6-13-7-5-9/h3,9H,1,4-8H2,2H3. The molecule has 1 aliphatic rings. The van der Waals surface area contributed by atoms with E-state index >= 15 is 0 Å². The highest BCUT2D eigenvalue weighted by atomic mass is 16.5. The van der Waals surface area contributed by atoms with Gasteiger partial charge in [-0.2, -0.15) is 0 Å². The molecule has 1 heterocycles. The molecule has 74 valence electrons. The van der Waals surface area contributed by atoms with E-state index in [1.165, 1.54) is 6.08 Å². The van der Waals surface area contributed by atoms with Gasteiger partial charge < -0.3 is 9.64 Å². The Bertz CT molecular complexity index is 185. The van der Waals surface area contributed by atoms with Crippen LogP contribution in [-0.2, 0) is 9.53 Å². The van der Waals surface area contributed by atoms with Gasteiger partial charge in [-0.05, 0) is 24.8 Å². The maximum atomic E-state index is 11.2. The van der Waals surface area contributed by atoms with Crippen molar-refractivity contribution in [1.29, 1.82) is 0 Å². The van der Waals surface area contributed by atoms with Crippen LogP contribution in [0.4, 0.5) is 0 Å². The van der Waals surface area contributed by atoms with Crippen LogP contribution in [0.2, 0.25) is 0 Å². The Balaban J connectivity index is 2.29. The van der Waals surface area contributed by atoms with E-state index in [0.29, 0.717) is 5.92 Å². The quantitative estimate of drug-likeness (QED) is 0.612. The van der Waals surface area contributed by atoms with Crippen LogP contribution in [0.3, 0.4) is 0 Å². The molecule has 13 heavy (non-hydrogen) atoms. The van der Waals surface area contributed by atoms with E-state index in [9.17, 15) is 4.79 Å². The van der Waals surface area contributed by atoms with Gasteiger partial charge in [-0.3, -0.25) is 4.79 Å². The molecular weight excluding hydrogens is 166 g/mol. The largest absolute Gasteiger partial charge is 0.381 e. The number of rotatable bonds is 3. The summed E-state index contributed by atoms with van der Waals surface area (Å²) in [6.45, 7) is 5.95. The third kappa shape index (κ3) is 3.19. The Morgan fingerprint density at radius 3 is 2.77 bits per heavy atom. The maximum Gasteiger partial charge on any atom is 0.245 e. The molecule has 3 heteroatoms. The normalized spacial score (nSPS) is 18.2. The Hall–Kier alpha value is -0.830. The van der Waals surface area contributed by atoms with Gasteiger partial charge in [0, 0.05) is 26.8 Å². The predicted octanol–water partition coefficient (Wildman–Crippen LogP) is 1.06. The van der Waals surface area contributed by atoms with Crippen LogP contribution in [0, 0.1) is 5.92 Å². The Labute approximate surface area is 79.4 Å². The third-order valence-corrected chi connectivity index (χ3v) is 2.42. The minimum atomic E-state index is 0.00601. The summed E-state index contributed by atoms with van der Waals surface area (Å²) in [6, 6.07) is 0. The molecule has 0 unspecified atom stereocenters. The van der Waals surface area contributed by atoms with Gasteiger partial charge in [0.2, 0.25) is 5.91 Å². The number of carbonyl (C=O) groups is 1. The van der Waals surface area contributed by atoms with Gasteiger partial charge in [0.1, 0.15) is 0 Å². The van der Waals surface area contributed by atoms with Crippen LogP contribution in [0.5, 0.6) is 0 Å². The molecule has 0 aromatic carbocycles. The molecule has 1 amide bonds. The predicted molar refractivity (Wildman–Crippen MR) is 51.4 cm³/mol. The fourth-order valence-corrected chi connectivity index (χ4v) is 1.56. The summed E-state index contributed by atoms with van der Waals surface area (Å²) in [6.07, 6.45) is 3.49. The van der Waals surface area contributed by atoms with Crippen molar-refractivity contribution in [2.75, 3.05) is 26.8 Å². The molecular formula is C10H17NO2. The van der Waals surface area contributed by atoms with Crippen LogP contribution in [0.25, 0.3) is 0 Å². The van der Waals surface area contributed by atoms with E-state index < -0.39 is 0 Å². The van der Waals surface area contributed by atoms with E-state index in [1.54, 1.807) is 4.90 Å². The Morgan fingerprint density at radius 2 is 2.23 bits per heavy atom. The molecule has 1 fully saturated rings. The zero-order chi connectivity index (χ0) is 9.68. The zero-order valence-electron chi connectivity index (χ0n) is 8.16. The highest BCUT2D eigenvalue weighted by molar-refractivity contribution is 5.86. The second-order valence-corrected chi connectivity index (χ2v) is 3.48. The highest BCUT2D eigenvalue weighted by Gasteiger charge is 2.16. The van der Waals surface area contributed by atoms with Crippen LogP contribution < -0.4 is 0 Å². The molecule has 0 saturated carbocycles. The van der Waals surface area contributed by atoms with Gasteiger partial charge >= 0.3 is 0 Å². The summed E-state index contributed by atoms with van der Waals surface area (Å²) in [7, 11) is 1.82. The minimum absolute atomic E-state index is 0.00601. The number of nitrogens with zero attached hydrogens (tertiary/aromatic N) is 1. The second kappa shape index (κ2) is 5.02. The number of hydrogen-bond acceptors (Lipinski definition) is 2. The molecule has 0 spiro atoms. The van der Waals surface area contributed by atoms with Crippen molar-refractivity contribution in [2.45, 2.75) is 12.8 Å². The molecule has 1 saturated heterocycles. The number of carbonyl (C=O) groups excluding carboxylic acids is 1. The molecule has 1 rings (SSSR count). The SMILES string of the molecule is C=CC(=O)N(C)CC1CCOCC1. The number of ether oxygens (including phenoxy) is 1. The van der Waals surface area contributed by atoms with Crippen LogP contribution >= 0.6 is 0 Å². The van der Waals surface area contributed by atoms with Crippen molar-refractivity contribution in [1.82, 2.24) is 4.90 Å². The molecule has 1 aliphatic heterocycles. The first-order chi connectivity index (χ1) is 6.24. The Kier molecular flexibility index (Phi) is 3.96. The van der Waals surface area contributed by atoms with Crippen LogP contribution in [-0.4, -0.2) is 37.6 Å². The van der Waals surface area contributed by atoms with Crippen LogP contribution in [0.15, 0.2) is 12.7 Å². The monoisotopic (exact) mass is 183 g/mol. The summed E-state index contributed by atoms with van der Waals surface area (Å²) in [5, 5.41) is 0. The first kappa shape index (κ1) is 10.3. The highest BCUT2D eigenvalue weighted by Crippen LogP contribution is 2.15. The minimum Gasteiger partial charge on any atom is -0.381 e. The van der Waals surface area contributed by atoms with E-state index in [-0.39, 0.29) is 5.91 Å². The summed E-state index contributed by atoms with van der Waals surface area (Å²) in [5.74, 6) is 0.606. The van der Waals surface area contributed by atoms with Crippen molar-refractivity contribution in [3.05, 3.63) is 12.7 Å². The van der Waals surface area contributed by atoms with Crippen molar-refractivity contribution >= 4 is 5.91 Å². The zero-order valence-corrected chi connectivity index (χ0v) is 8.16.